The average Bonchev–Trinajstić information content (AvgIpc) is 3.28. The van der Waals surface area contributed by atoms with Gasteiger partial charge in [-0.25, -0.2) is 8.78 Å². The van der Waals surface area contributed by atoms with Crippen LogP contribution in [0.15, 0.2) is 72.8 Å². The van der Waals surface area contributed by atoms with Crippen molar-refractivity contribution < 1.29 is 28.3 Å². The summed E-state index contributed by atoms with van der Waals surface area (Å²) in [7, 11) is 0. The number of thioether (sulfide) groups is 1. The lowest BCUT2D eigenvalue weighted by molar-refractivity contribution is -0.147. The van der Waals surface area contributed by atoms with Crippen LogP contribution >= 0.6 is 11.8 Å². The average molecular weight is 596 g/mol. The summed E-state index contributed by atoms with van der Waals surface area (Å²) in [5.41, 5.74) is 2.58. The standard InChI is InChI=1S/C32H35F2N3O4S/c1-20-9-7-8-12-22(20)18-35-30(40)29-32(2,3)42-19-37(29)31(41)28(39)26(15-21-10-5-4-6-11-21)36-27(38)17-23-16-24(33)13-14-25(23)34/h4-14,16,26,28-29,39H,15,17-19H2,1-3H3,(H,35,40)(H,36,38). The Morgan fingerprint density at radius 2 is 1.71 bits per heavy atom. The maximum absolute atomic E-state index is 14.2. The number of hydrogen-bond acceptors (Lipinski definition) is 5. The summed E-state index contributed by atoms with van der Waals surface area (Å²) in [5, 5.41) is 16.9. The number of rotatable bonds is 10. The van der Waals surface area contributed by atoms with E-state index < -0.39 is 52.8 Å². The number of halogens is 2. The Labute approximate surface area is 248 Å². The smallest absolute Gasteiger partial charge is 0.254 e. The number of aliphatic hydroxyl groups excluding tert-OH is 1. The van der Waals surface area contributed by atoms with Crippen LogP contribution in [-0.4, -0.2) is 56.5 Å². The van der Waals surface area contributed by atoms with Gasteiger partial charge >= 0.3 is 0 Å². The minimum absolute atomic E-state index is 0.0969. The van der Waals surface area contributed by atoms with Crippen LogP contribution in [0.4, 0.5) is 8.78 Å². The molecule has 0 spiro atoms. The molecule has 3 aromatic carbocycles. The zero-order chi connectivity index (χ0) is 30.4. The number of hydrogen-bond donors (Lipinski definition) is 3. The van der Waals surface area contributed by atoms with Crippen molar-refractivity contribution in [1.82, 2.24) is 15.5 Å². The molecule has 1 heterocycles. The van der Waals surface area contributed by atoms with Gasteiger partial charge < -0.3 is 20.6 Å². The number of nitrogens with zero attached hydrogens (tertiary/aromatic N) is 1. The third-order valence-corrected chi connectivity index (χ3v) is 8.80. The summed E-state index contributed by atoms with van der Waals surface area (Å²) in [5.74, 6) is -2.99. The molecule has 1 fully saturated rings. The first-order chi connectivity index (χ1) is 20.0. The first-order valence-corrected chi connectivity index (χ1v) is 14.7. The molecular weight excluding hydrogens is 560 g/mol. The summed E-state index contributed by atoms with van der Waals surface area (Å²) in [6, 6.07) is 17.5. The summed E-state index contributed by atoms with van der Waals surface area (Å²) in [4.78, 5) is 41.5. The normalized spacial score (nSPS) is 17.4. The maximum atomic E-state index is 14.2. The second kappa shape index (κ2) is 13.5. The largest absolute Gasteiger partial charge is 0.381 e. The van der Waals surface area contributed by atoms with E-state index in [1.807, 2.05) is 51.1 Å². The topological polar surface area (TPSA) is 98.7 Å². The molecular formula is C32H35F2N3O4S. The molecule has 1 aliphatic rings. The van der Waals surface area contributed by atoms with Crippen LogP contribution in [0, 0.1) is 18.6 Å². The van der Waals surface area contributed by atoms with E-state index in [-0.39, 0.29) is 30.3 Å². The lowest BCUT2D eigenvalue weighted by Gasteiger charge is -2.33. The lowest BCUT2D eigenvalue weighted by atomic mass is 9.96. The van der Waals surface area contributed by atoms with E-state index in [0.29, 0.717) is 0 Å². The van der Waals surface area contributed by atoms with E-state index in [1.165, 1.54) is 16.7 Å². The molecule has 3 N–H and O–H groups in total. The molecule has 10 heteroatoms. The third kappa shape index (κ3) is 7.54. The number of amides is 3. The minimum Gasteiger partial charge on any atom is -0.381 e. The quantitative estimate of drug-likeness (QED) is 0.330. The molecule has 1 saturated heterocycles. The number of benzene rings is 3. The highest BCUT2D eigenvalue weighted by molar-refractivity contribution is 8.00. The molecule has 0 aromatic heterocycles. The van der Waals surface area contributed by atoms with Gasteiger partial charge in [0.25, 0.3) is 5.91 Å². The predicted molar refractivity (Wildman–Crippen MR) is 158 cm³/mol. The first-order valence-electron chi connectivity index (χ1n) is 13.7. The van der Waals surface area contributed by atoms with Crippen LogP contribution < -0.4 is 10.6 Å². The Bertz CT molecular complexity index is 1440. The highest BCUT2D eigenvalue weighted by atomic mass is 32.2. The van der Waals surface area contributed by atoms with Crippen molar-refractivity contribution in [2.24, 2.45) is 0 Å². The SMILES string of the molecule is Cc1ccccc1CNC(=O)C1N(C(=O)C(O)C(Cc2ccccc2)NC(=O)Cc2cc(F)ccc2F)CSC1(C)C. The Morgan fingerprint density at radius 3 is 2.43 bits per heavy atom. The molecule has 3 atom stereocenters. The van der Waals surface area contributed by atoms with E-state index in [9.17, 15) is 28.3 Å². The van der Waals surface area contributed by atoms with Gasteiger partial charge in [0.05, 0.1) is 18.3 Å². The molecule has 0 aliphatic carbocycles. The van der Waals surface area contributed by atoms with Crippen LogP contribution in [0.5, 0.6) is 0 Å². The number of nitrogens with one attached hydrogen (secondary N) is 2. The second-order valence-electron chi connectivity index (χ2n) is 11.0. The molecule has 0 saturated carbocycles. The van der Waals surface area contributed by atoms with Crippen molar-refractivity contribution in [3.8, 4) is 0 Å². The van der Waals surface area contributed by atoms with Crippen LogP contribution in [-0.2, 0) is 33.8 Å². The highest BCUT2D eigenvalue weighted by Crippen LogP contribution is 2.40. The minimum atomic E-state index is -1.70. The van der Waals surface area contributed by atoms with Crippen LogP contribution in [0.1, 0.15) is 36.1 Å². The molecule has 7 nitrogen and oxygen atoms in total. The van der Waals surface area contributed by atoms with Crippen molar-refractivity contribution in [1.29, 1.82) is 0 Å². The van der Waals surface area contributed by atoms with Gasteiger partial charge in [-0.05, 0) is 62.1 Å². The number of aliphatic hydroxyl groups is 1. The first kappa shape index (κ1) is 31.2. The maximum Gasteiger partial charge on any atom is 0.254 e. The zero-order valence-electron chi connectivity index (χ0n) is 23.8. The van der Waals surface area contributed by atoms with Crippen LogP contribution in [0.2, 0.25) is 0 Å². The van der Waals surface area contributed by atoms with E-state index in [1.54, 1.807) is 24.3 Å². The van der Waals surface area contributed by atoms with Crippen molar-refractivity contribution in [3.05, 3.63) is 107 Å². The van der Waals surface area contributed by atoms with Crippen molar-refractivity contribution in [2.75, 3.05) is 5.88 Å². The number of aryl methyl sites for hydroxylation is 1. The van der Waals surface area contributed by atoms with Gasteiger partial charge in [-0.1, -0.05) is 54.6 Å². The van der Waals surface area contributed by atoms with E-state index in [2.05, 4.69) is 10.6 Å². The van der Waals surface area contributed by atoms with E-state index >= 15 is 0 Å². The molecule has 3 amide bonds. The fourth-order valence-electron chi connectivity index (χ4n) is 5.06. The van der Waals surface area contributed by atoms with Crippen molar-refractivity contribution in [3.63, 3.8) is 0 Å². The molecule has 0 radical (unpaired) electrons. The molecule has 0 bridgehead atoms. The Morgan fingerprint density at radius 1 is 1.02 bits per heavy atom. The van der Waals surface area contributed by atoms with Gasteiger partial charge in [0.1, 0.15) is 17.7 Å². The van der Waals surface area contributed by atoms with Crippen molar-refractivity contribution in [2.45, 2.75) is 63.1 Å². The summed E-state index contributed by atoms with van der Waals surface area (Å²) in [6.07, 6.45) is -2.08. The molecule has 3 aromatic rings. The molecule has 222 valence electrons. The van der Waals surface area contributed by atoms with Gasteiger partial charge in [0.15, 0.2) is 6.10 Å². The summed E-state index contributed by atoms with van der Waals surface area (Å²) >= 11 is 1.42. The molecule has 4 rings (SSSR count). The van der Waals surface area contributed by atoms with Gasteiger partial charge in [0.2, 0.25) is 11.8 Å². The van der Waals surface area contributed by atoms with E-state index in [4.69, 9.17) is 0 Å². The van der Waals surface area contributed by atoms with E-state index in [0.717, 1.165) is 34.9 Å². The molecule has 42 heavy (non-hydrogen) atoms. The summed E-state index contributed by atoms with van der Waals surface area (Å²) in [6.45, 7) is 5.97. The predicted octanol–water partition coefficient (Wildman–Crippen LogP) is 3.90. The number of carbonyl (C=O) groups is 3. The summed E-state index contributed by atoms with van der Waals surface area (Å²) < 4.78 is 27.2. The van der Waals surface area contributed by atoms with Crippen LogP contribution in [0.3, 0.4) is 0 Å². The van der Waals surface area contributed by atoms with Gasteiger partial charge in [0, 0.05) is 16.9 Å². The molecule has 1 aliphatic heterocycles. The Hall–Kier alpha value is -3.76. The molecule has 3 unspecified atom stereocenters. The Balaban J connectivity index is 1.52. The Kier molecular flexibility index (Phi) is 10.0. The zero-order valence-corrected chi connectivity index (χ0v) is 24.6. The highest BCUT2D eigenvalue weighted by Gasteiger charge is 2.49. The van der Waals surface area contributed by atoms with Gasteiger partial charge in [-0.15, -0.1) is 11.8 Å². The lowest BCUT2D eigenvalue weighted by Crippen LogP contribution is -2.58. The second-order valence-corrected chi connectivity index (χ2v) is 12.6. The van der Waals surface area contributed by atoms with Gasteiger partial charge in [-0.2, -0.15) is 0 Å². The fourth-order valence-corrected chi connectivity index (χ4v) is 6.20. The van der Waals surface area contributed by atoms with Gasteiger partial charge in [-0.3, -0.25) is 14.4 Å². The fraction of sp³-hybridized carbons (Fsp3) is 0.344. The number of carbonyl (C=O) groups excluding carboxylic acids is 3. The third-order valence-electron chi connectivity index (χ3n) is 7.43. The van der Waals surface area contributed by atoms with Crippen molar-refractivity contribution >= 4 is 29.5 Å². The monoisotopic (exact) mass is 595 g/mol. The van der Waals surface area contributed by atoms with Crippen LogP contribution in [0.25, 0.3) is 0 Å².